The molecule has 0 aliphatic heterocycles. The average molecular weight is 269 g/mol. The third-order valence-electron chi connectivity index (χ3n) is 2.46. The minimum Gasteiger partial charge on any atom is -0.444 e. The Morgan fingerprint density at radius 3 is 2.58 bits per heavy atom. The lowest BCUT2D eigenvalue weighted by Crippen LogP contribution is -2.36. The molecule has 0 bridgehead atoms. The van der Waals surface area contributed by atoms with Gasteiger partial charge in [0.1, 0.15) is 11.4 Å². The van der Waals surface area contributed by atoms with E-state index < -0.39 is 17.7 Å². The van der Waals surface area contributed by atoms with Gasteiger partial charge in [0.25, 0.3) is 0 Å². The lowest BCUT2D eigenvalue weighted by Gasteiger charge is -2.23. The van der Waals surface area contributed by atoms with Gasteiger partial charge in [-0.1, -0.05) is 12.1 Å². The summed E-state index contributed by atoms with van der Waals surface area (Å²) in [5, 5.41) is 11.9. The number of aryl methyl sites for hydroxylation is 1. The number of aliphatic hydroxyl groups is 1. The summed E-state index contributed by atoms with van der Waals surface area (Å²) in [4.78, 5) is 11.6. The van der Waals surface area contributed by atoms with Gasteiger partial charge < -0.3 is 15.2 Å². The van der Waals surface area contributed by atoms with E-state index in [9.17, 15) is 14.3 Å². The smallest absolute Gasteiger partial charge is 0.408 e. The molecule has 19 heavy (non-hydrogen) atoms. The van der Waals surface area contributed by atoms with Crippen LogP contribution in [0.25, 0.3) is 0 Å². The maximum atomic E-state index is 13.2. The largest absolute Gasteiger partial charge is 0.444 e. The van der Waals surface area contributed by atoms with Crippen LogP contribution < -0.4 is 5.32 Å². The first-order valence-corrected chi connectivity index (χ1v) is 6.09. The summed E-state index contributed by atoms with van der Waals surface area (Å²) in [5.41, 5.74) is 0.484. The lowest BCUT2D eigenvalue weighted by molar-refractivity contribution is 0.0482. The van der Waals surface area contributed by atoms with Gasteiger partial charge in [0.2, 0.25) is 0 Å². The summed E-state index contributed by atoms with van der Waals surface area (Å²) in [5.74, 6) is -0.322. The Morgan fingerprint density at radius 1 is 1.47 bits per heavy atom. The van der Waals surface area contributed by atoms with E-state index in [-0.39, 0.29) is 12.4 Å². The van der Waals surface area contributed by atoms with Crippen LogP contribution in [0.3, 0.4) is 0 Å². The van der Waals surface area contributed by atoms with Gasteiger partial charge in [-0.05, 0) is 44.9 Å². The minimum absolute atomic E-state index is 0.287. The van der Waals surface area contributed by atoms with Crippen LogP contribution in [0.5, 0.6) is 0 Å². The number of ether oxygens (including phenoxy) is 1. The van der Waals surface area contributed by atoms with Crippen molar-refractivity contribution in [3.05, 3.63) is 35.1 Å². The van der Waals surface area contributed by atoms with Gasteiger partial charge in [-0.25, -0.2) is 9.18 Å². The van der Waals surface area contributed by atoms with E-state index in [2.05, 4.69) is 5.32 Å². The van der Waals surface area contributed by atoms with Gasteiger partial charge in [0.15, 0.2) is 0 Å². The maximum absolute atomic E-state index is 13.2. The number of hydrogen-bond donors (Lipinski definition) is 2. The second-order valence-corrected chi connectivity index (χ2v) is 5.39. The zero-order chi connectivity index (χ0) is 14.6. The third kappa shape index (κ3) is 4.87. The summed E-state index contributed by atoms with van der Waals surface area (Å²) in [7, 11) is 0. The lowest BCUT2D eigenvalue weighted by atomic mass is 10.0. The molecule has 2 N–H and O–H groups in total. The first-order chi connectivity index (χ1) is 8.73. The van der Waals surface area contributed by atoms with Crippen LogP contribution in [0.1, 0.15) is 37.9 Å². The molecular weight excluding hydrogens is 249 g/mol. The van der Waals surface area contributed by atoms with Crippen molar-refractivity contribution in [2.24, 2.45) is 0 Å². The van der Waals surface area contributed by atoms with Crippen molar-refractivity contribution >= 4 is 6.09 Å². The van der Waals surface area contributed by atoms with E-state index in [1.54, 1.807) is 33.8 Å². The van der Waals surface area contributed by atoms with E-state index in [0.717, 1.165) is 0 Å². The fourth-order valence-corrected chi connectivity index (χ4v) is 1.57. The van der Waals surface area contributed by atoms with Crippen LogP contribution in [0, 0.1) is 12.7 Å². The molecule has 1 amide bonds. The number of carbonyl (C=O) groups is 1. The Kier molecular flexibility index (Phi) is 4.89. The highest BCUT2D eigenvalue weighted by atomic mass is 19.1. The predicted molar refractivity (Wildman–Crippen MR) is 70.3 cm³/mol. The van der Waals surface area contributed by atoms with Crippen LogP contribution in [0.15, 0.2) is 18.2 Å². The molecule has 0 aliphatic carbocycles. The van der Waals surface area contributed by atoms with Gasteiger partial charge in [-0.2, -0.15) is 0 Å². The molecule has 106 valence electrons. The molecule has 0 spiro atoms. The predicted octanol–water partition coefficient (Wildman–Crippen LogP) is 2.69. The van der Waals surface area contributed by atoms with Gasteiger partial charge >= 0.3 is 6.09 Å². The summed E-state index contributed by atoms with van der Waals surface area (Å²) < 4.78 is 18.3. The SMILES string of the molecule is Cc1cc([C@@H](CO)NC(=O)OC(C)(C)C)ccc1F. The molecule has 1 aromatic carbocycles. The second kappa shape index (κ2) is 6.02. The van der Waals surface area contributed by atoms with Gasteiger partial charge in [-0.3, -0.25) is 0 Å². The minimum atomic E-state index is -0.617. The quantitative estimate of drug-likeness (QED) is 0.887. The number of hydrogen-bond acceptors (Lipinski definition) is 3. The molecule has 0 saturated heterocycles. The Bertz CT molecular complexity index is 454. The molecule has 0 aromatic heterocycles. The van der Waals surface area contributed by atoms with Crippen molar-refractivity contribution in [2.45, 2.75) is 39.3 Å². The van der Waals surface area contributed by atoms with Crippen molar-refractivity contribution in [3.63, 3.8) is 0 Å². The number of carbonyl (C=O) groups excluding carboxylic acids is 1. The summed E-state index contributed by atoms with van der Waals surface area (Å²) in [6.45, 7) is 6.60. The first-order valence-electron chi connectivity index (χ1n) is 6.09. The van der Waals surface area contributed by atoms with Crippen LogP contribution >= 0.6 is 0 Å². The number of amides is 1. The molecule has 0 heterocycles. The molecule has 0 aliphatic rings. The number of halogens is 1. The van der Waals surface area contributed by atoms with E-state index in [1.807, 2.05) is 0 Å². The van der Waals surface area contributed by atoms with Crippen LogP contribution in [0.2, 0.25) is 0 Å². The molecule has 5 heteroatoms. The monoisotopic (exact) mass is 269 g/mol. The Balaban J connectivity index is 2.78. The number of alkyl carbamates (subject to hydrolysis) is 1. The Labute approximate surface area is 112 Å². The molecule has 1 aromatic rings. The third-order valence-corrected chi connectivity index (χ3v) is 2.46. The normalized spacial score (nSPS) is 12.9. The number of benzene rings is 1. The summed E-state index contributed by atoms with van der Waals surface area (Å²) >= 11 is 0. The van der Waals surface area contributed by atoms with E-state index in [0.29, 0.717) is 11.1 Å². The molecule has 0 radical (unpaired) electrons. The van der Waals surface area contributed by atoms with E-state index in [4.69, 9.17) is 4.74 Å². The molecule has 0 fully saturated rings. The molecule has 0 saturated carbocycles. The summed E-state index contributed by atoms with van der Waals surface area (Å²) in [6.07, 6.45) is -0.617. The van der Waals surface area contributed by atoms with Crippen molar-refractivity contribution in [3.8, 4) is 0 Å². The van der Waals surface area contributed by atoms with Gasteiger partial charge in [-0.15, -0.1) is 0 Å². The zero-order valence-corrected chi connectivity index (χ0v) is 11.7. The molecular formula is C14H20FNO3. The number of nitrogens with one attached hydrogen (secondary N) is 1. The van der Waals surface area contributed by atoms with Crippen LogP contribution in [-0.2, 0) is 4.74 Å². The van der Waals surface area contributed by atoms with Gasteiger partial charge in [0, 0.05) is 0 Å². The van der Waals surface area contributed by atoms with Crippen molar-refractivity contribution < 1.29 is 19.0 Å². The van der Waals surface area contributed by atoms with Crippen LogP contribution in [0.4, 0.5) is 9.18 Å². The zero-order valence-electron chi connectivity index (χ0n) is 11.7. The van der Waals surface area contributed by atoms with E-state index >= 15 is 0 Å². The highest BCUT2D eigenvalue weighted by molar-refractivity contribution is 5.68. The number of rotatable bonds is 3. The van der Waals surface area contributed by atoms with Crippen molar-refractivity contribution in [1.29, 1.82) is 0 Å². The highest BCUT2D eigenvalue weighted by Gasteiger charge is 2.20. The average Bonchev–Trinajstić information content (AvgIpc) is 2.27. The van der Waals surface area contributed by atoms with E-state index in [1.165, 1.54) is 12.1 Å². The van der Waals surface area contributed by atoms with Gasteiger partial charge in [0.05, 0.1) is 12.6 Å². The topological polar surface area (TPSA) is 58.6 Å². The fraction of sp³-hybridized carbons (Fsp3) is 0.500. The first kappa shape index (κ1) is 15.4. The number of aliphatic hydroxyl groups excluding tert-OH is 1. The summed E-state index contributed by atoms with van der Waals surface area (Å²) in [6, 6.07) is 3.81. The Hall–Kier alpha value is -1.62. The second-order valence-electron chi connectivity index (χ2n) is 5.39. The van der Waals surface area contributed by atoms with Crippen LogP contribution in [-0.4, -0.2) is 23.4 Å². The molecule has 1 rings (SSSR count). The standard InChI is InChI=1S/C14H20FNO3/c1-9-7-10(5-6-11(9)15)12(8-17)16-13(18)19-14(2,3)4/h5-7,12,17H,8H2,1-4H3,(H,16,18)/t12-/m1/s1. The van der Waals surface area contributed by atoms with Crippen molar-refractivity contribution in [1.82, 2.24) is 5.32 Å². The van der Waals surface area contributed by atoms with Crippen molar-refractivity contribution in [2.75, 3.05) is 6.61 Å². The Morgan fingerprint density at radius 2 is 2.11 bits per heavy atom. The highest BCUT2D eigenvalue weighted by Crippen LogP contribution is 2.17. The molecule has 4 nitrogen and oxygen atoms in total. The molecule has 1 atom stereocenters. The maximum Gasteiger partial charge on any atom is 0.408 e. The fourth-order valence-electron chi connectivity index (χ4n) is 1.57. The molecule has 0 unspecified atom stereocenters.